The van der Waals surface area contributed by atoms with Gasteiger partial charge in [0.1, 0.15) is 23.0 Å². The zero-order chi connectivity index (χ0) is 16.0. The zero-order valence-corrected chi connectivity index (χ0v) is 11.7. The predicted molar refractivity (Wildman–Crippen MR) is 84.5 cm³/mol. The highest BCUT2D eigenvalue weighted by Gasteiger charge is 2.21. The van der Waals surface area contributed by atoms with Gasteiger partial charge >= 0.3 is 5.63 Å². The lowest BCUT2D eigenvalue weighted by molar-refractivity contribution is 0.569. The van der Waals surface area contributed by atoms with E-state index in [1.54, 1.807) is 24.3 Å². The summed E-state index contributed by atoms with van der Waals surface area (Å²) in [5.74, 6) is 0.0559. The van der Waals surface area contributed by atoms with E-state index in [0.29, 0.717) is 27.7 Å². The molecule has 0 bridgehead atoms. The summed E-state index contributed by atoms with van der Waals surface area (Å²) in [6.07, 6.45) is 1.53. The van der Waals surface area contributed by atoms with Gasteiger partial charge in [0.15, 0.2) is 0 Å². The number of benzene rings is 1. The molecule has 7 heteroatoms. The van der Waals surface area contributed by atoms with Crippen LogP contribution in [-0.4, -0.2) is 15.2 Å². The van der Waals surface area contributed by atoms with Crippen molar-refractivity contribution in [2.75, 3.05) is 5.73 Å². The van der Waals surface area contributed by atoms with E-state index in [1.165, 1.54) is 6.20 Å². The lowest BCUT2D eigenvalue weighted by atomic mass is 10.0. The number of H-pyrrole nitrogens is 1. The number of para-hydroxylation sites is 1. The molecule has 0 amide bonds. The van der Waals surface area contributed by atoms with E-state index >= 15 is 0 Å². The van der Waals surface area contributed by atoms with E-state index in [-0.39, 0.29) is 16.8 Å². The average molecular weight is 303 g/mol. The van der Waals surface area contributed by atoms with Gasteiger partial charge in [0.05, 0.1) is 16.6 Å². The van der Waals surface area contributed by atoms with Crippen LogP contribution in [0.15, 0.2) is 45.7 Å². The van der Waals surface area contributed by atoms with Crippen LogP contribution in [0.2, 0.25) is 0 Å². The molecule has 0 aliphatic carbocycles. The van der Waals surface area contributed by atoms with Gasteiger partial charge in [-0.2, -0.15) is 10.4 Å². The molecular weight excluding hydrogens is 294 g/mol. The van der Waals surface area contributed by atoms with Gasteiger partial charge in [-0.05, 0) is 18.2 Å². The molecule has 4 aromatic rings. The van der Waals surface area contributed by atoms with Crippen LogP contribution in [0.25, 0.3) is 33.1 Å². The lowest BCUT2D eigenvalue weighted by Gasteiger charge is -2.09. The third-order valence-corrected chi connectivity index (χ3v) is 3.66. The first-order valence-electron chi connectivity index (χ1n) is 6.75. The van der Waals surface area contributed by atoms with Gasteiger partial charge in [0.25, 0.3) is 0 Å². The van der Waals surface area contributed by atoms with Crippen molar-refractivity contribution in [3.05, 3.63) is 52.5 Å². The maximum atomic E-state index is 12.5. The van der Waals surface area contributed by atoms with Crippen LogP contribution in [-0.2, 0) is 0 Å². The summed E-state index contributed by atoms with van der Waals surface area (Å²) in [4.78, 5) is 16.8. The molecule has 0 fully saturated rings. The molecule has 0 unspecified atom stereocenters. The molecule has 0 aliphatic heterocycles. The molecule has 3 heterocycles. The van der Waals surface area contributed by atoms with Crippen LogP contribution in [0.3, 0.4) is 0 Å². The highest BCUT2D eigenvalue weighted by Crippen LogP contribution is 2.33. The SMILES string of the molecule is N#Cc1c(N)nc2c(c1-c1ccn[nH]1)c(=O)oc1ccccc12. The maximum absolute atomic E-state index is 12.5. The molecule has 3 aromatic heterocycles. The molecule has 0 radical (unpaired) electrons. The average Bonchev–Trinajstić information content (AvgIpc) is 3.08. The van der Waals surface area contributed by atoms with Crippen molar-refractivity contribution < 1.29 is 4.42 Å². The largest absolute Gasteiger partial charge is 0.422 e. The minimum atomic E-state index is -0.577. The van der Waals surface area contributed by atoms with Crippen LogP contribution in [0.5, 0.6) is 0 Å². The molecule has 0 spiro atoms. The van der Waals surface area contributed by atoms with Gasteiger partial charge in [-0.1, -0.05) is 12.1 Å². The molecule has 0 atom stereocenters. The summed E-state index contributed by atoms with van der Waals surface area (Å²) < 4.78 is 5.37. The number of hydrogen-bond donors (Lipinski definition) is 2. The number of rotatable bonds is 1. The van der Waals surface area contributed by atoms with Crippen molar-refractivity contribution in [1.82, 2.24) is 15.2 Å². The summed E-state index contributed by atoms with van der Waals surface area (Å²) in [5, 5.41) is 16.9. The minimum Gasteiger partial charge on any atom is -0.422 e. The Morgan fingerprint density at radius 1 is 1.26 bits per heavy atom. The van der Waals surface area contributed by atoms with Crippen molar-refractivity contribution in [2.24, 2.45) is 0 Å². The summed E-state index contributed by atoms with van der Waals surface area (Å²) >= 11 is 0. The quantitative estimate of drug-likeness (QED) is 0.410. The van der Waals surface area contributed by atoms with Crippen molar-refractivity contribution in [1.29, 1.82) is 5.26 Å². The molecule has 0 saturated carbocycles. The van der Waals surface area contributed by atoms with Crippen molar-refractivity contribution >= 4 is 27.7 Å². The van der Waals surface area contributed by atoms with Crippen molar-refractivity contribution in [3.8, 4) is 17.3 Å². The van der Waals surface area contributed by atoms with Gasteiger partial charge in [-0.3, -0.25) is 5.10 Å². The number of nitriles is 1. The van der Waals surface area contributed by atoms with Gasteiger partial charge in [-0.15, -0.1) is 0 Å². The van der Waals surface area contributed by atoms with E-state index < -0.39 is 5.63 Å². The van der Waals surface area contributed by atoms with Crippen LogP contribution in [0.4, 0.5) is 5.82 Å². The minimum absolute atomic E-state index is 0.0559. The number of aromatic amines is 1. The monoisotopic (exact) mass is 303 g/mol. The Kier molecular flexibility index (Phi) is 2.65. The summed E-state index contributed by atoms with van der Waals surface area (Å²) in [5.41, 5.74) is 7.15. The second-order valence-electron chi connectivity index (χ2n) is 4.94. The fourth-order valence-corrected chi connectivity index (χ4v) is 2.68. The molecule has 0 saturated heterocycles. The zero-order valence-electron chi connectivity index (χ0n) is 11.7. The fraction of sp³-hybridized carbons (Fsp3) is 0. The molecule has 23 heavy (non-hydrogen) atoms. The molecule has 1 aromatic carbocycles. The van der Waals surface area contributed by atoms with Gasteiger partial charge < -0.3 is 10.2 Å². The number of pyridine rings is 1. The normalized spacial score (nSPS) is 10.9. The van der Waals surface area contributed by atoms with E-state index in [1.807, 2.05) is 12.1 Å². The standard InChI is InChI=1S/C16H9N5O2/c17-7-9-12(10-5-6-19-21-10)13-14(20-15(9)18)8-3-1-2-4-11(8)23-16(13)22/h1-6H,(H2,18,20)(H,19,21). The third kappa shape index (κ3) is 1.79. The first-order valence-corrected chi connectivity index (χ1v) is 6.75. The highest BCUT2D eigenvalue weighted by atomic mass is 16.4. The number of nitrogens with one attached hydrogen (secondary N) is 1. The first-order chi connectivity index (χ1) is 11.2. The maximum Gasteiger partial charge on any atom is 0.346 e. The molecule has 3 N–H and O–H groups in total. The molecule has 4 rings (SSSR count). The van der Waals surface area contributed by atoms with Gasteiger partial charge in [0.2, 0.25) is 0 Å². The molecule has 110 valence electrons. The van der Waals surface area contributed by atoms with Crippen LogP contribution < -0.4 is 11.4 Å². The van der Waals surface area contributed by atoms with Gasteiger partial charge in [0, 0.05) is 17.1 Å². The van der Waals surface area contributed by atoms with Crippen LogP contribution in [0.1, 0.15) is 5.56 Å². The van der Waals surface area contributed by atoms with Gasteiger partial charge in [-0.25, -0.2) is 9.78 Å². The third-order valence-electron chi connectivity index (χ3n) is 3.66. The Labute approximate surface area is 129 Å². The Morgan fingerprint density at radius 3 is 2.83 bits per heavy atom. The fourth-order valence-electron chi connectivity index (χ4n) is 2.68. The number of hydrogen-bond acceptors (Lipinski definition) is 6. The second-order valence-corrected chi connectivity index (χ2v) is 4.94. The number of nitrogen functional groups attached to an aromatic ring is 1. The Morgan fingerprint density at radius 2 is 2.09 bits per heavy atom. The Balaban J connectivity index is 2.33. The second kappa shape index (κ2) is 4.68. The smallest absolute Gasteiger partial charge is 0.346 e. The van der Waals surface area contributed by atoms with E-state index in [0.717, 1.165) is 0 Å². The van der Waals surface area contributed by atoms with Crippen LogP contribution >= 0.6 is 0 Å². The topological polar surface area (TPSA) is 122 Å². The molecule has 0 aliphatic rings. The summed E-state index contributed by atoms with van der Waals surface area (Å²) in [7, 11) is 0. The summed E-state index contributed by atoms with van der Waals surface area (Å²) in [6.45, 7) is 0. The van der Waals surface area contributed by atoms with Crippen LogP contribution in [0, 0.1) is 11.3 Å². The highest BCUT2D eigenvalue weighted by molar-refractivity contribution is 6.09. The molecular formula is C16H9N5O2. The number of anilines is 1. The Hall–Kier alpha value is -3.66. The van der Waals surface area contributed by atoms with E-state index in [2.05, 4.69) is 15.2 Å². The van der Waals surface area contributed by atoms with Crippen molar-refractivity contribution in [2.45, 2.75) is 0 Å². The van der Waals surface area contributed by atoms with E-state index in [4.69, 9.17) is 10.2 Å². The number of aromatic nitrogens is 3. The Bertz CT molecular complexity index is 1150. The molecule has 7 nitrogen and oxygen atoms in total. The summed E-state index contributed by atoms with van der Waals surface area (Å²) in [6, 6.07) is 10.7. The van der Waals surface area contributed by atoms with Crippen molar-refractivity contribution in [3.63, 3.8) is 0 Å². The predicted octanol–water partition coefficient (Wildman–Crippen LogP) is 2.19. The first kappa shape index (κ1) is 13.0. The lowest BCUT2D eigenvalue weighted by Crippen LogP contribution is -2.08. The van der Waals surface area contributed by atoms with E-state index in [9.17, 15) is 10.1 Å². The number of fused-ring (bicyclic) bond motifs is 3. The number of nitrogens with zero attached hydrogens (tertiary/aromatic N) is 3. The number of nitrogens with two attached hydrogens (primary N) is 1.